The van der Waals surface area contributed by atoms with E-state index in [-0.39, 0.29) is 5.91 Å². The third kappa shape index (κ3) is 6.81. The van der Waals surface area contributed by atoms with Crippen molar-refractivity contribution in [3.63, 3.8) is 0 Å². The number of hydrogen-bond acceptors (Lipinski definition) is 2. The Bertz CT molecular complexity index is 689. The average molecular weight is 339 g/mol. The first-order valence-corrected chi connectivity index (χ1v) is 8.62. The van der Waals surface area contributed by atoms with Gasteiger partial charge in [0.2, 0.25) is 5.91 Å². The first-order valence-electron chi connectivity index (χ1n) is 8.62. The van der Waals surface area contributed by atoms with Crippen LogP contribution in [-0.4, -0.2) is 26.6 Å². The summed E-state index contributed by atoms with van der Waals surface area (Å²) in [4.78, 5) is 13.3. The van der Waals surface area contributed by atoms with Crippen LogP contribution in [0.3, 0.4) is 0 Å². The molecule has 0 aromatic heterocycles. The van der Waals surface area contributed by atoms with Crippen molar-refractivity contribution in [3.05, 3.63) is 71.3 Å². The van der Waals surface area contributed by atoms with Crippen molar-refractivity contribution < 1.29 is 14.4 Å². The van der Waals surface area contributed by atoms with Crippen molar-refractivity contribution in [3.8, 4) is 5.75 Å². The van der Waals surface area contributed by atoms with Crippen LogP contribution in [0.15, 0.2) is 54.6 Å². The Balaban J connectivity index is 1.81. The number of quaternary nitrogens is 1. The van der Waals surface area contributed by atoms with E-state index in [1.165, 1.54) is 10.5 Å². The SMILES string of the molecule is CCOc1ccc(/C=C/C(=O)NCc2ccc(C[NH+](C)C)cc2)cc1. The molecule has 2 aromatic carbocycles. The van der Waals surface area contributed by atoms with E-state index >= 15 is 0 Å². The van der Waals surface area contributed by atoms with E-state index in [9.17, 15) is 4.79 Å². The van der Waals surface area contributed by atoms with Gasteiger partial charge in [0.25, 0.3) is 0 Å². The van der Waals surface area contributed by atoms with E-state index in [2.05, 4.69) is 43.7 Å². The maximum Gasteiger partial charge on any atom is 0.244 e. The van der Waals surface area contributed by atoms with Crippen LogP contribution in [0.25, 0.3) is 6.08 Å². The fraction of sp³-hybridized carbons (Fsp3) is 0.286. The normalized spacial score (nSPS) is 11.0. The van der Waals surface area contributed by atoms with E-state index in [1.54, 1.807) is 12.2 Å². The fourth-order valence-electron chi connectivity index (χ4n) is 2.45. The minimum Gasteiger partial charge on any atom is -0.494 e. The summed E-state index contributed by atoms with van der Waals surface area (Å²) in [6.07, 6.45) is 3.35. The molecule has 0 spiro atoms. The minimum atomic E-state index is -0.101. The van der Waals surface area contributed by atoms with Gasteiger partial charge in [0, 0.05) is 18.2 Å². The van der Waals surface area contributed by atoms with Gasteiger partial charge in [-0.2, -0.15) is 0 Å². The Morgan fingerprint density at radius 3 is 2.28 bits per heavy atom. The zero-order valence-corrected chi connectivity index (χ0v) is 15.2. The first-order chi connectivity index (χ1) is 12.1. The molecule has 132 valence electrons. The van der Waals surface area contributed by atoms with Gasteiger partial charge in [0.15, 0.2) is 0 Å². The van der Waals surface area contributed by atoms with Crippen LogP contribution in [0, 0.1) is 0 Å². The molecule has 0 fully saturated rings. The van der Waals surface area contributed by atoms with Crippen molar-refractivity contribution in [1.82, 2.24) is 5.32 Å². The predicted molar refractivity (Wildman–Crippen MR) is 101 cm³/mol. The smallest absolute Gasteiger partial charge is 0.244 e. The van der Waals surface area contributed by atoms with E-state index in [1.807, 2.05) is 31.2 Å². The molecule has 4 nitrogen and oxygen atoms in total. The molecule has 0 bridgehead atoms. The van der Waals surface area contributed by atoms with Gasteiger partial charge in [-0.3, -0.25) is 4.79 Å². The summed E-state index contributed by atoms with van der Waals surface area (Å²) in [5.41, 5.74) is 3.36. The van der Waals surface area contributed by atoms with E-state index < -0.39 is 0 Å². The summed E-state index contributed by atoms with van der Waals surface area (Å²) in [6.45, 7) is 4.13. The largest absolute Gasteiger partial charge is 0.494 e. The molecule has 1 amide bonds. The molecule has 4 heteroatoms. The predicted octanol–water partition coefficient (Wildman–Crippen LogP) is 2.06. The van der Waals surface area contributed by atoms with Crippen molar-refractivity contribution >= 4 is 12.0 Å². The summed E-state index contributed by atoms with van der Waals surface area (Å²) in [6, 6.07) is 16.0. The van der Waals surface area contributed by atoms with Crippen LogP contribution in [0.4, 0.5) is 0 Å². The van der Waals surface area contributed by atoms with Crippen molar-refractivity contribution in [2.45, 2.75) is 20.0 Å². The van der Waals surface area contributed by atoms with Gasteiger partial charge in [-0.25, -0.2) is 0 Å². The van der Waals surface area contributed by atoms with Gasteiger partial charge in [0.1, 0.15) is 12.3 Å². The Morgan fingerprint density at radius 2 is 1.68 bits per heavy atom. The molecule has 2 N–H and O–H groups in total. The van der Waals surface area contributed by atoms with Gasteiger partial charge in [-0.05, 0) is 36.3 Å². The Kier molecular flexibility index (Phi) is 7.23. The fourth-order valence-corrected chi connectivity index (χ4v) is 2.45. The zero-order valence-electron chi connectivity index (χ0n) is 15.2. The second-order valence-electron chi connectivity index (χ2n) is 6.25. The summed E-state index contributed by atoms with van der Waals surface area (Å²) in [5.74, 6) is 0.735. The molecule has 0 unspecified atom stereocenters. The van der Waals surface area contributed by atoms with Gasteiger partial charge in [0.05, 0.1) is 20.7 Å². The minimum absolute atomic E-state index is 0.101. The van der Waals surface area contributed by atoms with Crippen LogP contribution in [0.2, 0.25) is 0 Å². The quantitative estimate of drug-likeness (QED) is 0.723. The van der Waals surface area contributed by atoms with E-state index in [0.717, 1.165) is 23.4 Å². The lowest BCUT2D eigenvalue weighted by Gasteiger charge is -2.08. The number of carbonyl (C=O) groups excluding carboxylic acids is 1. The molecule has 2 aromatic rings. The maximum atomic E-state index is 11.9. The number of carbonyl (C=O) groups is 1. The van der Waals surface area contributed by atoms with Gasteiger partial charge in [-0.1, -0.05) is 36.4 Å². The Morgan fingerprint density at radius 1 is 1.04 bits per heavy atom. The molecule has 2 rings (SSSR count). The van der Waals surface area contributed by atoms with Crippen LogP contribution in [0.1, 0.15) is 23.6 Å². The Hall–Kier alpha value is -2.59. The maximum absolute atomic E-state index is 11.9. The Labute approximate surface area is 150 Å². The number of rotatable bonds is 8. The second kappa shape index (κ2) is 9.64. The van der Waals surface area contributed by atoms with Crippen LogP contribution in [0.5, 0.6) is 5.75 Å². The van der Waals surface area contributed by atoms with Crippen molar-refractivity contribution in [2.24, 2.45) is 0 Å². The summed E-state index contributed by atoms with van der Waals surface area (Å²) >= 11 is 0. The highest BCUT2D eigenvalue weighted by Crippen LogP contribution is 2.13. The highest BCUT2D eigenvalue weighted by Gasteiger charge is 2.00. The number of nitrogens with one attached hydrogen (secondary N) is 2. The molecular weight excluding hydrogens is 312 g/mol. The lowest BCUT2D eigenvalue weighted by atomic mass is 10.1. The van der Waals surface area contributed by atoms with Gasteiger partial charge < -0.3 is 15.0 Å². The molecule has 0 heterocycles. The van der Waals surface area contributed by atoms with Gasteiger partial charge >= 0.3 is 0 Å². The first kappa shape index (κ1) is 18.7. The van der Waals surface area contributed by atoms with Crippen LogP contribution >= 0.6 is 0 Å². The topological polar surface area (TPSA) is 42.8 Å². The molecule has 0 atom stereocenters. The highest BCUT2D eigenvalue weighted by atomic mass is 16.5. The summed E-state index contributed by atoms with van der Waals surface area (Å²) < 4.78 is 5.40. The van der Waals surface area contributed by atoms with Crippen LogP contribution in [-0.2, 0) is 17.9 Å². The standard InChI is InChI=1S/C21H26N2O2/c1-4-25-20-12-9-17(10-13-20)11-14-21(24)22-15-18-5-7-19(8-6-18)16-23(2)3/h5-14H,4,15-16H2,1-3H3,(H,22,24)/p+1/b14-11+. The molecular formula is C21H27N2O2+. The molecule has 0 aliphatic rings. The van der Waals surface area contributed by atoms with E-state index in [4.69, 9.17) is 4.74 Å². The highest BCUT2D eigenvalue weighted by molar-refractivity contribution is 5.91. The van der Waals surface area contributed by atoms with Crippen molar-refractivity contribution in [2.75, 3.05) is 20.7 Å². The summed E-state index contributed by atoms with van der Waals surface area (Å²) in [5, 5.41) is 2.91. The second-order valence-corrected chi connectivity index (χ2v) is 6.25. The summed E-state index contributed by atoms with van der Waals surface area (Å²) in [7, 11) is 4.26. The third-order valence-corrected chi connectivity index (χ3v) is 3.67. The lowest BCUT2D eigenvalue weighted by Crippen LogP contribution is -3.04. The average Bonchev–Trinajstić information content (AvgIpc) is 2.60. The molecule has 0 saturated carbocycles. The molecule has 0 saturated heterocycles. The number of benzene rings is 2. The number of ether oxygens (including phenoxy) is 1. The van der Waals surface area contributed by atoms with E-state index in [0.29, 0.717) is 13.2 Å². The number of hydrogen-bond donors (Lipinski definition) is 2. The molecule has 0 aliphatic heterocycles. The van der Waals surface area contributed by atoms with Crippen LogP contribution < -0.4 is 15.0 Å². The lowest BCUT2D eigenvalue weighted by molar-refractivity contribution is -0.872. The van der Waals surface area contributed by atoms with Gasteiger partial charge in [-0.15, -0.1) is 0 Å². The third-order valence-electron chi connectivity index (χ3n) is 3.67. The monoisotopic (exact) mass is 339 g/mol. The number of amides is 1. The van der Waals surface area contributed by atoms with Crippen molar-refractivity contribution in [1.29, 1.82) is 0 Å². The zero-order chi connectivity index (χ0) is 18.1. The molecule has 0 radical (unpaired) electrons. The molecule has 25 heavy (non-hydrogen) atoms. The molecule has 0 aliphatic carbocycles.